The van der Waals surface area contributed by atoms with Gasteiger partial charge in [-0.3, -0.25) is 4.79 Å². The average Bonchev–Trinajstić information content (AvgIpc) is 2.89. The van der Waals surface area contributed by atoms with Gasteiger partial charge >= 0.3 is 6.18 Å². The summed E-state index contributed by atoms with van der Waals surface area (Å²) < 4.78 is 39.2. The lowest BCUT2D eigenvalue weighted by Crippen LogP contribution is -2.03. The molecule has 0 radical (unpaired) electrons. The van der Waals surface area contributed by atoms with Gasteiger partial charge in [0.05, 0.1) is 17.3 Å². The highest BCUT2D eigenvalue weighted by Gasteiger charge is 2.30. The Morgan fingerprint density at radius 2 is 1.81 bits per heavy atom. The van der Waals surface area contributed by atoms with Crippen LogP contribution in [0.3, 0.4) is 0 Å². The highest BCUT2D eigenvalue weighted by molar-refractivity contribution is 5.84. The van der Waals surface area contributed by atoms with Gasteiger partial charge in [0.1, 0.15) is 6.29 Å². The van der Waals surface area contributed by atoms with E-state index in [1.54, 1.807) is 29.0 Å². The number of halogens is 3. The zero-order valence-corrected chi connectivity index (χ0v) is 10.6. The van der Waals surface area contributed by atoms with Crippen molar-refractivity contribution in [2.45, 2.75) is 6.18 Å². The van der Waals surface area contributed by atoms with Crippen LogP contribution in [-0.2, 0) is 6.18 Å². The number of carbonyl (C=O) groups excluding carboxylic acids is 1. The molecule has 1 aromatic carbocycles. The van der Waals surface area contributed by atoms with Gasteiger partial charge in [-0.1, -0.05) is 12.1 Å². The van der Waals surface area contributed by atoms with Gasteiger partial charge in [0, 0.05) is 17.3 Å². The molecule has 0 unspecified atom stereocenters. The molecule has 0 atom stereocenters. The minimum Gasteiger partial charge on any atom is -0.298 e. The molecule has 0 saturated carbocycles. The minimum atomic E-state index is -4.36. The monoisotopic (exact) mass is 290 g/mol. The first-order chi connectivity index (χ1) is 9.99. The first kappa shape index (κ1) is 13.4. The van der Waals surface area contributed by atoms with E-state index in [0.717, 1.165) is 12.1 Å². The molecule has 6 heteroatoms. The Balaban J connectivity index is 2.10. The third kappa shape index (κ3) is 2.40. The van der Waals surface area contributed by atoms with Gasteiger partial charge in [-0.05, 0) is 29.8 Å². The van der Waals surface area contributed by atoms with Gasteiger partial charge in [-0.2, -0.15) is 18.3 Å². The van der Waals surface area contributed by atoms with E-state index >= 15 is 0 Å². The van der Waals surface area contributed by atoms with E-state index in [4.69, 9.17) is 0 Å². The van der Waals surface area contributed by atoms with Gasteiger partial charge < -0.3 is 0 Å². The highest BCUT2D eigenvalue weighted by Crippen LogP contribution is 2.32. The van der Waals surface area contributed by atoms with Crippen LogP contribution in [0.2, 0.25) is 0 Å². The molecule has 106 valence electrons. The molecule has 0 N–H and O–H groups in total. The van der Waals surface area contributed by atoms with Crippen molar-refractivity contribution in [1.29, 1.82) is 0 Å². The van der Waals surface area contributed by atoms with Crippen molar-refractivity contribution in [3.05, 3.63) is 59.9 Å². The fourth-order valence-corrected chi connectivity index (χ4v) is 2.13. The Labute approximate surface area is 117 Å². The molecule has 0 amide bonds. The molecule has 0 spiro atoms. The summed E-state index contributed by atoms with van der Waals surface area (Å²) in [4.78, 5) is 10.8. The summed E-state index contributed by atoms with van der Waals surface area (Å²) in [5, 5.41) is 4.12. The number of carbonyl (C=O) groups is 1. The molecule has 0 aliphatic rings. The Morgan fingerprint density at radius 3 is 2.43 bits per heavy atom. The second-order valence-electron chi connectivity index (χ2n) is 4.54. The number of rotatable bonds is 2. The Kier molecular flexibility index (Phi) is 3.01. The van der Waals surface area contributed by atoms with Crippen LogP contribution in [0, 0.1) is 0 Å². The van der Waals surface area contributed by atoms with E-state index in [-0.39, 0.29) is 0 Å². The number of aldehydes is 1. The molecule has 3 nitrogen and oxygen atoms in total. The second kappa shape index (κ2) is 4.73. The molecule has 0 aliphatic carbocycles. The van der Waals surface area contributed by atoms with Crippen molar-refractivity contribution >= 4 is 11.8 Å². The summed E-state index contributed by atoms with van der Waals surface area (Å²) in [6.07, 6.45) is -0.451. The highest BCUT2D eigenvalue weighted by atomic mass is 19.4. The van der Waals surface area contributed by atoms with Crippen LogP contribution in [0.1, 0.15) is 15.9 Å². The van der Waals surface area contributed by atoms with Gasteiger partial charge in [-0.25, -0.2) is 4.52 Å². The van der Waals surface area contributed by atoms with Crippen molar-refractivity contribution in [3.63, 3.8) is 0 Å². The normalized spacial score (nSPS) is 11.8. The number of hydrogen-bond acceptors (Lipinski definition) is 2. The summed E-state index contributed by atoms with van der Waals surface area (Å²) in [6, 6.07) is 8.11. The van der Waals surface area contributed by atoms with E-state index in [2.05, 4.69) is 5.10 Å². The molecule has 3 aromatic rings. The largest absolute Gasteiger partial charge is 0.416 e. The molecular weight excluding hydrogens is 281 g/mol. The zero-order chi connectivity index (χ0) is 15.0. The topological polar surface area (TPSA) is 34.4 Å². The van der Waals surface area contributed by atoms with Crippen LogP contribution < -0.4 is 0 Å². The lowest BCUT2D eigenvalue weighted by molar-refractivity contribution is -0.137. The quantitative estimate of drug-likeness (QED) is 0.672. The maximum Gasteiger partial charge on any atom is 0.416 e. The Bertz CT molecular complexity index is 804. The lowest BCUT2D eigenvalue weighted by Gasteiger charge is -2.07. The zero-order valence-electron chi connectivity index (χ0n) is 10.6. The average molecular weight is 290 g/mol. The molecule has 0 saturated heterocycles. The lowest BCUT2D eigenvalue weighted by atomic mass is 10.0. The summed E-state index contributed by atoms with van der Waals surface area (Å²) in [5.41, 5.74) is 1.74. The number of nitrogens with zero attached hydrogens (tertiary/aromatic N) is 2. The standard InChI is InChI=1S/C15H9F3N2O/c16-15(17,18)12-3-1-11(2-4-12)13-8-19-20-6-5-10(9-21)7-14(13)20/h1-9H. The molecular formula is C15H9F3N2O. The maximum atomic E-state index is 12.6. The number of fused-ring (bicyclic) bond motifs is 1. The first-order valence-electron chi connectivity index (χ1n) is 6.09. The molecule has 21 heavy (non-hydrogen) atoms. The van der Waals surface area contributed by atoms with Crippen LogP contribution in [0.4, 0.5) is 13.2 Å². The minimum absolute atomic E-state index is 0.483. The van der Waals surface area contributed by atoms with E-state index in [0.29, 0.717) is 28.5 Å². The number of hydrogen-bond donors (Lipinski definition) is 0. The van der Waals surface area contributed by atoms with Crippen LogP contribution >= 0.6 is 0 Å². The smallest absolute Gasteiger partial charge is 0.298 e. The fraction of sp³-hybridized carbons (Fsp3) is 0.0667. The predicted octanol–water partition coefficient (Wildman–Crippen LogP) is 3.83. The third-order valence-corrected chi connectivity index (χ3v) is 3.20. The van der Waals surface area contributed by atoms with Crippen molar-refractivity contribution in [1.82, 2.24) is 9.61 Å². The second-order valence-corrected chi connectivity index (χ2v) is 4.54. The summed E-state index contributed by atoms with van der Waals surface area (Å²) >= 11 is 0. The number of benzene rings is 1. The number of aromatic nitrogens is 2. The molecule has 2 aromatic heterocycles. The van der Waals surface area contributed by atoms with E-state index < -0.39 is 11.7 Å². The first-order valence-corrected chi connectivity index (χ1v) is 6.09. The number of alkyl halides is 3. The third-order valence-electron chi connectivity index (χ3n) is 3.20. The molecule has 0 fully saturated rings. The summed E-state index contributed by atoms with van der Waals surface area (Å²) in [5.74, 6) is 0. The summed E-state index contributed by atoms with van der Waals surface area (Å²) in [7, 11) is 0. The maximum absolute atomic E-state index is 12.6. The van der Waals surface area contributed by atoms with Crippen LogP contribution in [0.25, 0.3) is 16.6 Å². The molecule has 0 aliphatic heterocycles. The van der Waals surface area contributed by atoms with Crippen molar-refractivity contribution in [2.24, 2.45) is 0 Å². The van der Waals surface area contributed by atoms with E-state index in [9.17, 15) is 18.0 Å². The van der Waals surface area contributed by atoms with Crippen LogP contribution in [0.15, 0.2) is 48.8 Å². The van der Waals surface area contributed by atoms with Crippen molar-refractivity contribution in [3.8, 4) is 11.1 Å². The van der Waals surface area contributed by atoms with E-state index in [1.807, 2.05) is 0 Å². The Hall–Kier alpha value is -2.63. The molecule has 0 bridgehead atoms. The SMILES string of the molecule is O=Cc1ccn2ncc(-c3ccc(C(F)(F)F)cc3)c2c1. The van der Waals surface area contributed by atoms with Crippen LogP contribution in [0.5, 0.6) is 0 Å². The fourth-order valence-electron chi connectivity index (χ4n) is 2.13. The van der Waals surface area contributed by atoms with Gasteiger partial charge in [0.25, 0.3) is 0 Å². The summed E-state index contributed by atoms with van der Waals surface area (Å²) in [6.45, 7) is 0. The predicted molar refractivity (Wildman–Crippen MR) is 71.0 cm³/mol. The van der Waals surface area contributed by atoms with Gasteiger partial charge in [0.2, 0.25) is 0 Å². The van der Waals surface area contributed by atoms with Crippen molar-refractivity contribution < 1.29 is 18.0 Å². The molecule has 3 rings (SSSR count). The van der Waals surface area contributed by atoms with Gasteiger partial charge in [-0.15, -0.1) is 0 Å². The van der Waals surface area contributed by atoms with Crippen molar-refractivity contribution in [2.75, 3.05) is 0 Å². The van der Waals surface area contributed by atoms with Crippen LogP contribution in [-0.4, -0.2) is 15.9 Å². The molecule has 2 heterocycles. The van der Waals surface area contributed by atoms with Gasteiger partial charge in [0.15, 0.2) is 0 Å². The van der Waals surface area contributed by atoms with E-state index in [1.165, 1.54) is 12.1 Å². The number of pyridine rings is 1. The Morgan fingerprint density at radius 1 is 1.10 bits per heavy atom.